The number of hydrogen-bond acceptors (Lipinski definition) is 6. The molecule has 0 radical (unpaired) electrons. The zero-order chi connectivity index (χ0) is 12.3. The molecule has 1 N–H and O–H groups in total. The summed E-state index contributed by atoms with van der Waals surface area (Å²) in [7, 11) is 0. The quantitative estimate of drug-likeness (QED) is 0.836. The number of aromatic nitrogens is 2. The molecule has 0 saturated carbocycles. The number of aliphatic hydroxyl groups is 1. The topological polar surface area (TPSA) is 92.2 Å². The Morgan fingerprint density at radius 2 is 2.47 bits per heavy atom. The van der Waals surface area contributed by atoms with Gasteiger partial charge in [0, 0.05) is 6.61 Å². The molecule has 0 aromatic carbocycles. The van der Waals surface area contributed by atoms with Gasteiger partial charge >= 0.3 is 0 Å². The smallest absolute Gasteiger partial charge is 0.229 e. The van der Waals surface area contributed by atoms with Gasteiger partial charge in [-0.05, 0) is 19.8 Å². The second-order valence-electron chi connectivity index (χ2n) is 4.41. The van der Waals surface area contributed by atoms with E-state index in [1.54, 1.807) is 0 Å². The molecule has 1 aliphatic heterocycles. The minimum atomic E-state index is -0.759. The first kappa shape index (κ1) is 12.0. The van der Waals surface area contributed by atoms with Crippen molar-refractivity contribution in [3.63, 3.8) is 0 Å². The normalized spacial score (nSPS) is 25.7. The minimum absolute atomic E-state index is 0.0610. The number of nitrogens with zero attached hydrogens (tertiary/aromatic N) is 3. The molecule has 17 heavy (non-hydrogen) atoms. The zero-order valence-electron chi connectivity index (χ0n) is 9.72. The lowest BCUT2D eigenvalue weighted by Crippen LogP contribution is -2.21. The van der Waals surface area contributed by atoms with Crippen LogP contribution in [0.15, 0.2) is 4.52 Å². The third-order valence-electron chi connectivity index (χ3n) is 2.90. The van der Waals surface area contributed by atoms with Gasteiger partial charge in [-0.15, -0.1) is 0 Å². The van der Waals surface area contributed by atoms with Gasteiger partial charge in [-0.25, -0.2) is 0 Å². The average molecular weight is 237 g/mol. The molecule has 0 spiro atoms. The summed E-state index contributed by atoms with van der Waals surface area (Å²) < 4.78 is 10.6. The number of rotatable bonds is 4. The average Bonchev–Trinajstić information content (AvgIpc) is 2.88. The molecule has 1 aromatic heterocycles. The van der Waals surface area contributed by atoms with E-state index in [0.717, 1.165) is 12.8 Å². The van der Waals surface area contributed by atoms with Crippen LogP contribution in [0.1, 0.15) is 37.9 Å². The molecule has 2 heterocycles. The lowest BCUT2D eigenvalue weighted by molar-refractivity contribution is 0.00768. The molecule has 2 atom stereocenters. The third kappa shape index (κ3) is 2.62. The Morgan fingerprint density at radius 1 is 1.65 bits per heavy atom. The Morgan fingerprint density at radius 3 is 3.12 bits per heavy atom. The van der Waals surface area contributed by atoms with Crippen molar-refractivity contribution in [1.29, 1.82) is 5.26 Å². The van der Waals surface area contributed by atoms with Gasteiger partial charge in [-0.3, -0.25) is 0 Å². The van der Waals surface area contributed by atoms with E-state index in [2.05, 4.69) is 10.1 Å². The molecule has 6 heteroatoms. The van der Waals surface area contributed by atoms with Crippen molar-refractivity contribution in [2.45, 2.75) is 44.3 Å². The summed E-state index contributed by atoms with van der Waals surface area (Å²) in [6.45, 7) is 2.64. The van der Waals surface area contributed by atoms with Crippen LogP contribution in [0.25, 0.3) is 0 Å². The second kappa shape index (κ2) is 4.82. The van der Waals surface area contributed by atoms with Gasteiger partial charge in [-0.2, -0.15) is 10.2 Å². The lowest BCUT2D eigenvalue weighted by Gasteiger charge is -2.17. The molecule has 1 aromatic rings. The predicted octanol–water partition coefficient (Wildman–Crippen LogP) is 0.912. The van der Waals surface area contributed by atoms with E-state index in [-0.39, 0.29) is 12.8 Å². The van der Waals surface area contributed by atoms with Crippen LogP contribution in [-0.4, -0.2) is 28.0 Å². The van der Waals surface area contributed by atoms with E-state index >= 15 is 0 Å². The summed E-state index contributed by atoms with van der Waals surface area (Å²) in [5.74, 6) is 0.869. The maximum atomic E-state index is 9.46. The molecule has 92 valence electrons. The van der Waals surface area contributed by atoms with Gasteiger partial charge < -0.3 is 14.4 Å². The summed E-state index contributed by atoms with van der Waals surface area (Å²) in [4.78, 5) is 4.21. The van der Waals surface area contributed by atoms with Crippen LogP contribution in [0, 0.1) is 11.3 Å². The lowest BCUT2D eigenvalue weighted by atomic mass is 10.0. The van der Waals surface area contributed by atoms with Crippen LogP contribution >= 0.6 is 0 Å². The van der Waals surface area contributed by atoms with Crippen molar-refractivity contribution in [3.8, 4) is 6.07 Å². The van der Waals surface area contributed by atoms with Crippen molar-refractivity contribution in [2.24, 2.45) is 0 Å². The summed E-state index contributed by atoms with van der Waals surface area (Å²) in [6.07, 6.45) is 1.36. The number of aliphatic hydroxyl groups excluding tert-OH is 1. The molecule has 1 aliphatic rings. The number of hydrogen-bond donors (Lipinski definition) is 1. The highest BCUT2D eigenvalue weighted by Gasteiger charge is 2.36. The second-order valence-corrected chi connectivity index (χ2v) is 4.41. The fourth-order valence-corrected chi connectivity index (χ4v) is 1.89. The van der Waals surface area contributed by atoms with Gasteiger partial charge in [-0.1, -0.05) is 5.16 Å². The maximum absolute atomic E-state index is 9.46. The SMILES string of the molecule is CC1(c2noc(CC(O)CC#N)n2)CCCO1. The van der Waals surface area contributed by atoms with Crippen LogP contribution in [0.3, 0.4) is 0 Å². The third-order valence-corrected chi connectivity index (χ3v) is 2.90. The van der Waals surface area contributed by atoms with Gasteiger partial charge in [0.25, 0.3) is 0 Å². The molecule has 1 fully saturated rings. The first-order valence-corrected chi connectivity index (χ1v) is 5.66. The molecule has 0 aliphatic carbocycles. The van der Waals surface area contributed by atoms with E-state index in [0.29, 0.717) is 18.3 Å². The Balaban J connectivity index is 2.03. The first-order chi connectivity index (χ1) is 8.14. The molecule has 1 saturated heterocycles. The highest BCUT2D eigenvalue weighted by molar-refractivity contribution is 5.02. The van der Waals surface area contributed by atoms with E-state index in [1.807, 2.05) is 13.0 Å². The monoisotopic (exact) mass is 237 g/mol. The van der Waals surface area contributed by atoms with Crippen LogP contribution in [0.5, 0.6) is 0 Å². The zero-order valence-corrected chi connectivity index (χ0v) is 9.72. The minimum Gasteiger partial charge on any atom is -0.392 e. The Kier molecular flexibility index (Phi) is 3.41. The Labute approximate surface area is 99.2 Å². The van der Waals surface area contributed by atoms with Gasteiger partial charge in [0.15, 0.2) is 0 Å². The summed E-state index contributed by atoms with van der Waals surface area (Å²) in [6, 6.07) is 1.89. The van der Waals surface area contributed by atoms with E-state index in [1.165, 1.54) is 0 Å². The summed E-state index contributed by atoms with van der Waals surface area (Å²) in [5.41, 5.74) is -0.470. The van der Waals surface area contributed by atoms with Gasteiger partial charge in [0.05, 0.1) is 25.0 Å². The van der Waals surface area contributed by atoms with Crippen molar-refractivity contribution in [1.82, 2.24) is 10.1 Å². The predicted molar refractivity (Wildman–Crippen MR) is 56.8 cm³/mol. The molecule has 0 amide bonds. The van der Waals surface area contributed by atoms with Crippen molar-refractivity contribution < 1.29 is 14.4 Å². The highest BCUT2D eigenvalue weighted by atomic mass is 16.5. The van der Waals surface area contributed by atoms with E-state index in [9.17, 15) is 5.11 Å². The summed E-state index contributed by atoms with van der Waals surface area (Å²) in [5, 5.41) is 21.8. The molecule has 0 bridgehead atoms. The number of nitriles is 1. The summed E-state index contributed by atoms with van der Waals surface area (Å²) >= 11 is 0. The number of ether oxygens (including phenoxy) is 1. The largest absolute Gasteiger partial charge is 0.392 e. The maximum Gasteiger partial charge on any atom is 0.229 e. The van der Waals surface area contributed by atoms with E-state index in [4.69, 9.17) is 14.5 Å². The standard InChI is InChI=1S/C11H15N3O3/c1-11(4-2-6-16-11)10-13-9(17-14-10)7-8(15)3-5-12/h8,15H,2-4,6-7H2,1H3. The van der Waals surface area contributed by atoms with Crippen molar-refractivity contribution >= 4 is 0 Å². The van der Waals surface area contributed by atoms with Crippen molar-refractivity contribution in [3.05, 3.63) is 11.7 Å². The van der Waals surface area contributed by atoms with Crippen LogP contribution in [-0.2, 0) is 16.8 Å². The van der Waals surface area contributed by atoms with Crippen molar-refractivity contribution in [2.75, 3.05) is 6.61 Å². The fraction of sp³-hybridized carbons (Fsp3) is 0.727. The molecule has 2 rings (SSSR count). The van der Waals surface area contributed by atoms with Gasteiger partial charge in [0.1, 0.15) is 5.60 Å². The Bertz CT molecular complexity index is 418. The van der Waals surface area contributed by atoms with E-state index < -0.39 is 11.7 Å². The molecule has 6 nitrogen and oxygen atoms in total. The fourth-order valence-electron chi connectivity index (χ4n) is 1.89. The Hall–Kier alpha value is -1.45. The highest BCUT2D eigenvalue weighted by Crippen LogP contribution is 2.33. The molecular weight excluding hydrogens is 222 g/mol. The van der Waals surface area contributed by atoms with Crippen LogP contribution in [0.2, 0.25) is 0 Å². The molecule has 2 unspecified atom stereocenters. The van der Waals surface area contributed by atoms with Gasteiger partial charge in [0.2, 0.25) is 11.7 Å². The van der Waals surface area contributed by atoms with Crippen LogP contribution < -0.4 is 0 Å². The molecular formula is C11H15N3O3. The van der Waals surface area contributed by atoms with Crippen LogP contribution in [0.4, 0.5) is 0 Å². The first-order valence-electron chi connectivity index (χ1n) is 5.66.